The summed E-state index contributed by atoms with van der Waals surface area (Å²) in [6, 6.07) is 8.67. The number of ether oxygens (including phenoxy) is 3. The second-order valence-corrected chi connectivity index (χ2v) is 6.70. The predicted octanol–water partition coefficient (Wildman–Crippen LogP) is 1.27. The first-order valence-electron chi connectivity index (χ1n) is 7.75. The van der Waals surface area contributed by atoms with Crippen molar-refractivity contribution < 1.29 is 28.9 Å². The Hall–Kier alpha value is -1.76. The highest BCUT2D eigenvalue weighted by Crippen LogP contribution is 2.56. The first-order chi connectivity index (χ1) is 10.9. The van der Waals surface area contributed by atoms with Gasteiger partial charge in [0.25, 0.3) is 0 Å². The Morgan fingerprint density at radius 3 is 2.83 bits per heavy atom. The van der Waals surface area contributed by atoms with Gasteiger partial charge in [0.15, 0.2) is 12.1 Å². The number of hydrogen-bond acceptors (Lipinski definition) is 6. The van der Waals surface area contributed by atoms with E-state index < -0.39 is 29.6 Å². The summed E-state index contributed by atoms with van der Waals surface area (Å²) in [6.07, 6.45) is -0.418. The Kier molecular flexibility index (Phi) is 3.13. The second kappa shape index (κ2) is 4.87. The summed E-state index contributed by atoms with van der Waals surface area (Å²) in [5, 5.41) is 10.6. The molecule has 0 radical (unpaired) electrons. The second-order valence-electron chi connectivity index (χ2n) is 6.70. The fraction of sp³-hybridized carbons (Fsp3) is 0.529. The highest BCUT2D eigenvalue weighted by Gasteiger charge is 2.69. The van der Waals surface area contributed by atoms with E-state index in [0.717, 1.165) is 0 Å². The third-order valence-corrected chi connectivity index (χ3v) is 5.22. The van der Waals surface area contributed by atoms with E-state index in [0.29, 0.717) is 5.56 Å². The van der Waals surface area contributed by atoms with E-state index in [9.17, 15) is 14.7 Å². The lowest BCUT2D eigenvalue weighted by molar-refractivity contribution is -0.271. The summed E-state index contributed by atoms with van der Waals surface area (Å²) < 4.78 is 16.8. The number of ketones is 1. The third-order valence-electron chi connectivity index (χ3n) is 5.22. The molecular weight excluding hydrogens is 300 g/mol. The quantitative estimate of drug-likeness (QED) is 0.845. The lowest BCUT2D eigenvalue weighted by atomic mass is 9.70. The van der Waals surface area contributed by atoms with Gasteiger partial charge >= 0.3 is 5.97 Å². The fourth-order valence-electron chi connectivity index (χ4n) is 3.79. The van der Waals surface area contributed by atoms with E-state index in [4.69, 9.17) is 14.2 Å². The molecule has 0 unspecified atom stereocenters. The number of hydrogen-bond donors (Lipinski definition) is 1. The molecule has 6 heteroatoms. The maximum atomic E-state index is 12.3. The number of rotatable bonds is 3. The SMILES string of the molecule is C[C@@]12CC(=O)[C@H]3C[C@]1(O)O[C@@H](O2)[C@@H]3COC(=O)c1ccccc1. The summed E-state index contributed by atoms with van der Waals surface area (Å²) in [6.45, 7) is 1.72. The highest BCUT2D eigenvalue weighted by atomic mass is 16.8. The van der Waals surface area contributed by atoms with Gasteiger partial charge in [-0.05, 0) is 19.1 Å². The standard InChI is InChI=1S/C17H18O6/c1-16-8-13(18)11-7-17(16,20)23-15(22-16)12(11)9-21-14(19)10-5-3-2-4-6-10/h2-6,11-12,15,20H,7-9H2,1H3/t11-,12+,15+,16+,17-/m0/s1. The molecule has 3 bridgehead atoms. The van der Waals surface area contributed by atoms with Gasteiger partial charge in [-0.1, -0.05) is 18.2 Å². The minimum Gasteiger partial charge on any atom is -0.462 e. The van der Waals surface area contributed by atoms with Crippen molar-refractivity contribution in [3.05, 3.63) is 35.9 Å². The topological polar surface area (TPSA) is 82.1 Å². The number of benzene rings is 1. The normalized spacial score (nSPS) is 41.1. The number of carbonyl (C=O) groups excluding carboxylic acids is 2. The van der Waals surface area contributed by atoms with Crippen LogP contribution >= 0.6 is 0 Å². The van der Waals surface area contributed by atoms with Crippen LogP contribution in [0.4, 0.5) is 0 Å². The first-order valence-corrected chi connectivity index (χ1v) is 7.75. The van der Waals surface area contributed by atoms with Gasteiger partial charge in [-0.25, -0.2) is 4.79 Å². The van der Waals surface area contributed by atoms with Crippen molar-refractivity contribution in [2.75, 3.05) is 6.61 Å². The zero-order valence-corrected chi connectivity index (χ0v) is 12.7. The van der Waals surface area contributed by atoms with E-state index in [1.807, 2.05) is 6.07 Å². The van der Waals surface area contributed by atoms with Crippen LogP contribution in [0.1, 0.15) is 30.1 Å². The van der Waals surface area contributed by atoms with Gasteiger partial charge in [-0.2, -0.15) is 0 Å². The Labute approximate surface area is 133 Å². The highest BCUT2D eigenvalue weighted by molar-refractivity contribution is 5.89. The van der Waals surface area contributed by atoms with Crippen molar-refractivity contribution in [1.82, 2.24) is 0 Å². The molecule has 2 saturated heterocycles. The average molecular weight is 318 g/mol. The van der Waals surface area contributed by atoms with Crippen LogP contribution in [0.3, 0.4) is 0 Å². The van der Waals surface area contributed by atoms with Crippen LogP contribution in [0.15, 0.2) is 30.3 Å². The number of fused-ring (bicyclic) bond motifs is 2. The molecule has 6 nitrogen and oxygen atoms in total. The van der Waals surface area contributed by atoms with Gasteiger partial charge in [0.05, 0.1) is 11.5 Å². The van der Waals surface area contributed by atoms with E-state index in [1.54, 1.807) is 31.2 Å². The molecule has 23 heavy (non-hydrogen) atoms. The Morgan fingerprint density at radius 2 is 2.09 bits per heavy atom. The zero-order valence-electron chi connectivity index (χ0n) is 12.7. The molecule has 0 aromatic heterocycles. The Bertz CT molecular complexity index is 658. The molecule has 122 valence electrons. The molecule has 2 aliphatic heterocycles. The minimum absolute atomic E-state index is 0.0287. The third kappa shape index (κ3) is 2.13. The van der Waals surface area contributed by atoms with Gasteiger partial charge in [-0.3, -0.25) is 4.79 Å². The number of carbonyl (C=O) groups is 2. The van der Waals surface area contributed by atoms with Crippen LogP contribution < -0.4 is 0 Å². The summed E-state index contributed by atoms with van der Waals surface area (Å²) in [7, 11) is 0. The zero-order chi connectivity index (χ0) is 16.2. The van der Waals surface area contributed by atoms with E-state index >= 15 is 0 Å². The maximum Gasteiger partial charge on any atom is 0.338 e. The van der Waals surface area contributed by atoms with Crippen LogP contribution in [0, 0.1) is 11.8 Å². The van der Waals surface area contributed by atoms with Crippen LogP contribution in [-0.2, 0) is 19.0 Å². The van der Waals surface area contributed by atoms with Gasteiger partial charge < -0.3 is 19.3 Å². The van der Waals surface area contributed by atoms with Crippen LogP contribution in [0.2, 0.25) is 0 Å². The Balaban J connectivity index is 1.50. The molecule has 5 atom stereocenters. The molecule has 1 aromatic carbocycles. The molecule has 0 spiro atoms. The van der Waals surface area contributed by atoms with Crippen molar-refractivity contribution >= 4 is 11.8 Å². The monoisotopic (exact) mass is 318 g/mol. The molecule has 0 amide bonds. The molecule has 1 aromatic rings. The molecule has 2 heterocycles. The van der Waals surface area contributed by atoms with Gasteiger partial charge in [0, 0.05) is 18.8 Å². The number of Topliss-reactive ketones (excluding diaryl/α,β-unsaturated/α-hetero) is 1. The van der Waals surface area contributed by atoms with Crippen molar-refractivity contribution in [2.45, 2.75) is 37.4 Å². The molecule has 1 N–H and O–H groups in total. The van der Waals surface area contributed by atoms with Crippen LogP contribution in [-0.4, -0.2) is 41.1 Å². The summed E-state index contributed by atoms with van der Waals surface area (Å²) in [5.74, 6) is -2.63. The van der Waals surface area contributed by atoms with E-state index in [-0.39, 0.29) is 31.1 Å². The van der Waals surface area contributed by atoms with E-state index in [1.165, 1.54) is 0 Å². The van der Waals surface area contributed by atoms with Gasteiger partial charge in [0.1, 0.15) is 18.0 Å². The number of esters is 1. The molecule has 1 saturated carbocycles. The first kappa shape index (κ1) is 14.8. The molecule has 3 fully saturated rings. The smallest absolute Gasteiger partial charge is 0.338 e. The lowest BCUT2D eigenvalue weighted by Crippen LogP contribution is -2.59. The van der Waals surface area contributed by atoms with Crippen LogP contribution in [0.5, 0.6) is 0 Å². The van der Waals surface area contributed by atoms with Crippen molar-refractivity contribution in [3.8, 4) is 0 Å². The summed E-state index contributed by atoms with van der Waals surface area (Å²) in [4.78, 5) is 24.4. The molecule has 3 aliphatic rings. The van der Waals surface area contributed by atoms with Gasteiger partial charge in [-0.15, -0.1) is 0 Å². The lowest BCUT2D eigenvalue weighted by Gasteiger charge is -2.44. The summed E-state index contributed by atoms with van der Waals surface area (Å²) in [5.41, 5.74) is -0.556. The minimum atomic E-state index is -1.42. The molecule has 1 aliphatic carbocycles. The molecule has 4 rings (SSSR count). The van der Waals surface area contributed by atoms with Crippen LogP contribution in [0.25, 0.3) is 0 Å². The largest absolute Gasteiger partial charge is 0.462 e. The number of aliphatic hydroxyl groups is 1. The van der Waals surface area contributed by atoms with E-state index in [2.05, 4.69) is 0 Å². The predicted molar refractivity (Wildman–Crippen MR) is 77.3 cm³/mol. The van der Waals surface area contributed by atoms with Crippen molar-refractivity contribution in [3.63, 3.8) is 0 Å². The van der Waals surface area contributed by atoms with Crippen molar-refractivity contribution in [1.29, 1.82) is 0 Å². The van der Waals surface area contributed by atoms with Gasteiger partial charge in [0.2, 0.25) is 0 Å². The fourth-order valence-corrected chi connectivity index (χ4v) is 3.79. The van der Waals surface area contributed by atoms with Crippen molar-refractivity contribution in [2.24, 2.45) is 11.8 Å². The maximum absolute atomic E-state index is 12.3. The Morgan fingerprint density at radius 1 is 1.35 bits per heavy atom. The average Bonchev–Trinajstić information content (AvgIpc) is 2.69. The molecular formula is C17H18O6. The summed E-state index contributed by atoms with van der Waals surface area (Å²) >= 11 is 0.